The van der Waals surface area contributed by atoms with Crippen LogP contribution in [0.3, 0.4) is 0 Å². The third kappa shape index (κ3) is 3.78. The molecule has 2 aromatic heterocycles. The van der Waals surface area contributed by atoms with Crippen LogP contribution in [0.25, 0.3) is 5.69 Å². The van der Waals surface area contributed by atoms with E-state index in [2.05, 4.69) is 20.5 Å². The number of halogens is 1. The van der Waals surface area contributed by atoms with Crippen LogP contribution in [-0.2, 0) is 20.0 Å². The third-order valence-corrected chi connectivity index (χ3v) is 6.01. The number of fused-ring (bicyclic) bond motifs is 3. The molecular weight excluding hydrogens is 446 g/mol. The number of carbonyl (C=O) groups excluding carboxylic acids is 1. The van der Waals surface area contributed by atoms with E-state index in [0.29, 0.717) is 29.3 Å². The van der Waals surface area contributed by atoms with Crippen molar-refractivity contribution >= 4 is 17.5 Å². The number of hydrogen-bond donors (Lipinski definition) is 2. The molecule has 0 radical (unpaired) electrons. The van der Waals surface area contributed by atoms with Crippen molar-refractivity contribution in [1.82, 2.24) is 34.4 Å². The lowest BCUT2D eigenvalue weighted by Crippen LogP contribution is -2.31. The monoisotopic (exact) mass is 465 g/mol. The van der Waals surface area contributed by atoms with E-state index >= 15 is 0 Å². The molecule has 2 aromatic carbocycles. The predicted octanol–water partition coefficient (Wildman–Crippen LogP) is 1.99. The molecule has 33 heavy (non-hydrogen) atoms. The van der Waals surface area contributed by atoms with Crippen molar-refractivity contribution in [2.24, 2.45) is 7.05 Å². The summed E-state index contributed by atoms with van der Waals surface area (Å²) in [5.74, 6) is -0.0257. The molecule has 1 unspecified atom stereocenters. The highest BCUT2D eigenvalue weighted by Gasteiger charge is 2.29. The van der Waals surface area contributed by atoms with Crippen LogP contribution in [0.2, 0.25) is 5.02 Å². The SMILES string of the molecule is Cn1nc2n(c1=O)-c1ccccc1CCC2NC(=O)c1ncn(Cc2c(O)cccc2Cl)n1. The number of hydrogen-bond acceptors (Lipinski definition) is 6. The Bertz CT molecular complexity index is 1400. The summed E-state index contributed by atoms with van der Waals surface area (Å²) in [6.07, 6.45) is 2.63. The first-order valence-electron chi connectivity index (χ1n) is 10.3. The Balaban J connectivity index is 1.40. The molecule has 0 fully saturated rings. The fourth-order valence-corrected chi connectivity index (χ4v) is 4.23. The lowest BCUT2D eigenvalue weighted by atomic mass is 10.1. The second-order valence-electron chi connectivity index (χ2n) is 7.80. The highest BCUT2D eigenvalue weighted by atomic mass is 35.5. The van der Waals surface area contributed by atoms with Gasteiger partial charge in [-0.15, -0.1) is 5.10 Å². The van der Waals surface area contributed by atoms with Gasteiger partial charge in [0, 0.05) is 17.6 Å². The van der Waals surface area contributed by atoms with Crippen molar-refractivity contribution in [2.45, 2.75) is 25.4 Å². The van der Waals surface area contributed by atoms with E-state index in [1.165, 1.54) is 21.8 Å². The van der Waals surface area contributed by atoms with Crippen LogP contribution in [0, 0.1) is 0 Å². The fraction of sp³-hybridized carbons (Fsp3) is 0.227. The van der Waals surface area contributed by atoms with Gasteiger partial charge in [-0.3, -0.25) is 4.79 Å². The number of phenols is 1. The number of aromatic hydroxyl groups is 1. The van der Waals surface area contributed by atoms with Gasteiger partial charge in [0.1, 0.15) is 12.1 Å². The normalized spacial score (nSPS) is 14.9. The van der Waals surface area contributed by atoms with Crippen molar-refractivity contribution in [1.29, 1.82) is 0 Å². The van der Waals surface area contributed by atoms with Gasteiger partial charge in [-0.2, -0.15) is 5.10 Å². The maximum atomic E-state index is 13.0. The van der Waals surface area contributed by atoms with Gasteiger partial charge in [-0.25, -0.2) is 23.7 Å². The van der Waals surface area contributed by atoms with Gasteiger partial charge < -0.3 is 10.4 Å². The first kappa shape index (κ1) is 21.0. The number of benzene rings is 2. The Hall–Kier alpha value is -3.92. The van der Waals surface area contributed by atoms with Gasteiger partial charge in [-0.1, -0.05) is 35.9 Å². The Labute approximate surface area is 193 Å². The quantitative estimate of drug-likeness (QED) is 0.475. The van der Waals surface area contributed by atoms with Crippen molar-refractivity contribution in [3.8, 4) is 11.4 Å². The van der Waals surface area contributed by atoms with E-state index in [4.69, 9.17) is 11.6 Å². The van der Waals surface area contributed by atoms with Crippen molar-refractivity contribution in [2.75, 3.05) is 0 Å². The third-order valence-electron chi connectivity index (χ3n) is 5.66. The van der Waals surface area contributed by atoms with Crippen LogP contribution >= 0.6 is 11.6 Å². The molecule has 5 rings (SSSR count). The summed E-state index contributed by atoms with van der Waals surface area (Å²) in [7, 11) is 1.58. The van der Waals surface area contributed by atoms with Gasteiger partial charge in [0.05, 0.1) is 18.3 Å². The Kier molecular flexibility index (Phi) is 5.21. The lowest BCUT2D eigenvalue weighted by molar-refractivity contribution is 0.0921. The Morgan fingerprint density at radius 2 is 2.03 bits per heavy atom. The molecule has 0 aliphatic carbocycles. The van der Waals surface area contributed by atoms with E-state index in [-0.39, 0.29) is 23.8 Å². The molecule has 0 bridgehead atoms. The summed E-state index contributed by atoms with van der Waals surface area (Å²) in [5.41, 5.74) is 1.98. The Morgan fingerprint density at radius 3 is 2.85 bits per heavy atom. The first-order chi connectivity index (χ1) is 15.9. The van der Waals surface area contributed by atoms with E-state index in [9.17, 15) is 14.7 Å². The number of aromatic nitrogens is 6. The van der Waals surface area contributed by atoms with E-state index in [1.54, 1.807) is 23.7 Å². The van der Waals surface area contributed by atoms with Crippen LogP contribution in [0.4, 0.5) is 0 Å². The molecule has 4 aromatic rings. The van der Waals surface area contributed by atoms with Crippen LogP contribution in [-0.4, -0.2) is 40.1 Å². The predicted molar refractivity (Wildman–Crippen MR) is 120 cm³/mol. The van der Waals surface area contributed by atoms with Crippen LogP contribution in [0.15, 0.2) is 53.6 Å². The van der Waals surface area contributed by atoms with Crippen LogP contribution in [0.1, 0.15) is 40.0 Å². The molecule has 1 amide bonds. The van der Waals surface area contributed by atoms with Crippen LogP contribution in [0.5, 0.6) is 5.75 Å². The van der Waals surface area contributed by atoms with Crippen molar-refractivity contribution < 1.29 is 9.90 Å². The van der Waals surface area contributed by atoms with E-state index in [1.807, 2.05) is 24.3 Å². The number of nitrogens with one attached hydrogen (secondary N) is 1. The van der Waals surface area contributed by atoms with Gasteiger partial charge in [-0.05, 0) is 36.6 Å². The summed E-state index contributed by atoms with van der Waals surface area (Å²) in [4.78, 5) is 29.8. The topological polar surface area (TPSA) is 120 Å². The number of aryl methyl sites for hydroxylation is 2. The molecule has 1 aliphatic heterocycles. The molecule has 10 nitrogen and oxygen atoms in total. The van der Waals surface area contributed by atoms with Gasteiger partial charge in [0.15, 0.2) is 5.82 Å². The molecule has 0 saturated heterocycles. The smallest absolute Gasteiger partial charge is 0.350 e. The summed E-state index contributed by atoms with van der Waals surface area (Å²) in [5, 5.41) is 22.0. The minimum absolute atomic E-state index is 0.0341. The molecule has 11 heteroatoms. The molecule has 3 heterocycles. The highest BCUT2D eigenvalue weighted by Crippen LogP contribution is 2.28. The highest BCUT2D eigenvalue weighted by molar-refractivity contribution is 6.31. The van der Waals surface area contributed by atoms with Gasteiger partial charge >= 0.3 is 5.69 Å². The van der Waals surface area contributed by atoms with Crippen molar-refractivity contribution in [3.05, 3.63) is 87.1 Å². The van der Waals surface area contributed by atoms with E-state index in [0.717, 1.165) is 11.3 Å². The molecular formula is C22H20ClN7O3. The second kappa shape index (κ2) is 8.21. The number of nitrogens with zero attached hydrogens (tertiary/aromatic N) is 6. The fourth-order valence-electron chi connectivity index (χ4n) is 4.01. The number of para-hydroxylation sites is 1. The number of phenolic OH excluding ortho intramolecular Hbond substituents is 1. The molecule has 168 valence electrons. The summed E-state index contributed by atoms with van der Waals surface area (Å²) in [6.45, 7) is 0.157. The molecule has 2 N–H and O–H groups in total. The average Bonchev–Trinajstić information content (AvgIpc) is 3.34. The largest absolute Gasteiger partial charge is 0.508 e. The molecule has 0 spiro atoms. The average molecular weight is 466 g/mol. The molecule has 0 saturated carbocycles. The maximum absolute atomic E-state index is 13.0. The van der Waals surface area contributed by atoms with E-state index < -0.39 is 11.9 Å². The lowest BCUT2D eigenvalue weighted by Gasteiger charge is -2.14. The first-order valence-corrected chi connectivity index (χ1v) is 10.7. The summed E-state index contributed by atoms with van der Waals surface area (Å²) >= 11 is 6.16. The Morgan fingerprint density at radius 1 is 1.21 bits per heavy atom. The zero-order chi connectivity index (χ0) is 23.1. The van der Waals surface area contributed by atoms with Crippen molar-refractivity contribution in [3.63, 3.8) is 0 Å². The number of rotatable bonds is 4. The van der Waals surface area contributed by atoms with Gasteiger partial charge in [0.2, 0.25) is 5.82 Å². The zero-order valence-corrected chi connectivity index (χ0v) is 18.4. The summed E-state index contributed by atoms with van der Waals surface area (Å²) in [6, 6.07) is 12.0. The second-order valence-corrected chi connectivity index (χ2v) is 8.20. The number of carbonyl (C=O) groups is 1. The minimum Gasteiger partial charge on any atom is -0.508 e. The maximum Gasteiger partial charge on any atom is 0.350 e. The minimum atomic E-state index is -0.502. The van der Waals surface area contributed by atoms with Gasteiger partial charge in [0.25, 0.3) is 5.91 Å². The van der Waals surface area contributed by atoms with Crippen LogP contribution < -0.4 is 11.0 Å². The summed E-state index contributed by atoms with van der Waals surface area (Å²) < 4.78 is 4.23. The molecule has 1 aliphatic rings. The number of amides is 1. The zero-order valence-electron chi connectivity index (χ0n) is 17.6. The standard InChI is InChI=1S/C22H20ClN7O3/c1-28-22(33)30-17-7-3-2-5-13(17)9-10-16(20(30)27-28)25-21(32)19-24-12-29(26-19)11-14-15(23)6-4-8-18(14)31/h2-8,12,16,31H,9-11H2,1H3,(H,25,32). The molecule has 1 atom stereocenters.